The molecule has 2 N–H and O–H groups in total. The van der Waals surface area contributed by atoms with Crippen molar-refractivity contribution >= 4 is 17.3 Å². The van der Waals surface area contributed by atoms with Gasteiger partial charge in [-0.15, -0.1) is 0 Å². The Labute approximate surface area is 307 Å². The van der Waals surface area contributed by atoms with Gasteiger partial charge < -0.3 is 24.8 Å². The van der Waals surface area contributed by atoms with Crippen molar-refractivity contribution in [2.75, 3.05) is 6.54 Å². The molecule has 0 saturated heterocycles. The molecule has 0 amide bonds. The summed E-state index contributed by atoms with van der Waals surface area (Å²) >= 11 is 3.18. The van der Waals surface area contributed by atoms with Crippen molar-refractivity contribution < 1.29 is 44.0 Å². The first-order chi connectivity index (χ1) is 21.2. The topological polar surface area (TPSA) is 26.0 Å². The van der Waals surface area contributed by atoms with Crippen LogP contribution in [-0.2, 0) is 25.6 Å². The van der Waals surface area contributed by atoms with Gasteiger partial charge in [0.25, 0.3) is 0 Å². The van der Waals surface area contributed by atoms with E-state index in [1.807, 2.05) is 18.2 Å². The standard InChI is InChI=1S/C33H49P.C8H10N.2ClH.Pd/c1-23(2)26-21-30(24(3)4)33(31(22-26)25(5)6)29-19-13-14-20-32(29)34(27-15-9-7-10-16-27)28-17-11-8-12-18-28;9-7-6-8-4-2-1-3-5-8;;;/h13-14,19-25,27-28H,7-12,15-18H2,1-6H3;1-4H,6-7,9H2;2*1H;/q;;;;+2/p-2. The SMILES string of the molecule is CC(C)c1cc(C(C)C)c(-c2ccccc2P(C2CCCCC2)C2CCCCC2)c(C(C)C)c1.NCCc1cccc[c]1[Pd+2].[Cl-].[Cl-]. The summed E-state index contributed by atoms with van der Waals surface area (Å²) in [6, 6.07) is 23.0. The molecule has 2 saturated carbocycles. The van der Waals surface area contributed by atoms with Gasteiger partial charge in [-0.1, -0.05) is 124 Å². The molecular weight excluding hydrogens is 715 g/mol. The van der Waals surface area contributed by atoms with Crippen LogP contribution in [0.15, 0.2) is 60.7 Å². The molecule has 0 atom stereocenters. The van der Waals surface area contributed by atoms with Gasteiger partial charge in [-0.2, -0.15) is 0 Å². The van der Waals surface area contributed by atoms with Crippen LogP contribution in [0.3, 0.4) is 0 Å². The van der Waals surface area contributed by atoms with Crippen molar-refractivity contribution in [1.82, 2.24) is 0 Å². The Morgan fingerprint density at radius 2 is 1.15 bits per heavy atom. The number of nitrogens with two attached hydrogens (primary N) is 1. The van der Waals surface area contributed by atoms with Gasteiger partial charge in [-0.3, -0.25) is 0 Å². The molecule has 2 fully saturated rings. The largest absolute Gasteiger partial charge is 1.00 e. The monoisotopic (exact) mass is 772 g/mol. The molecule has 0 radical (unpaired) electrons. The summed E-state index contributed by atoms with van der Waals surface area (Å²) in [6.45, 7) is 15.0. The Bertz CT molecular complexity index is 1260. The fraction of sp³-hybridized carbons (Fsp3) is 0.561. The van der Waals surface area contributed by atoms with Crippen LogP contribution in [0.5, 0.6) is 0 Å². The Morgan fingerprint density at radius 3 is 1.61 bits per heavy atom. The maximum atomic E-state index is 5.41. The van der Waals surface area contributed by atoms with E-state index in [0.717, 1.165) is 17.7 Å². The number of benzene rings is 3. The fourth-order valence-electron chi connectivity index (χ4n) is 7.42. The van der Waals surface area contributed by atoms with Crippen molar-refractivity contribution in [2.45, 2.75) is 141 Å². The molecule has 0 heterocycles. The van der Waals surface area contributed by atoms with Crippen molar-refractivity contribution in [3.05, 3.63) is 82.9 Å². The summed E-state index contributed by atoms with van der Waals surface area (Å²) < 4.78 is 1.19. The molecule has 0 spiro atoms. The molecule has 0 unspecified atom stereocenters. The average molecular weight is 774 g/mol. The molecular formula is C41H59Cl2NPPd. The third kappa shape index (κ3) is 10.9. The molecule has 2 aliphatic carbocycles. The normalized spacial score (nSPS) is 15.8. The second-order valence-corrected chi connectivity index (χ2v) is 17.7. The van der Waals surface area contributed by atoms with Gasteiger partial charge >= 0.3 is 71.8 Å². The zero-order chi connectivity index (χ0) is 31.6. The van der Waals surface area contributed by atoms with Gasteiger partial charge in [0.1, 0.15) is 0 Å². The zero-order valence-corrected chi connectivity index (χ0v) is 33.2. The van der Waals surface area contributed by atoms with Gasteiger partial charge in [0.15, 0.2) is 0 Å². The molecule has 3 aromatic carbocycles. The molecule has 257 valence electrons. The molecule has 2 aliphatic rings. The van der Waals surface area contributed by atoms with Crippen LogP contribution in [0.25, 0.3) is 11.1 Å². The van der Waals surface area contributed by atoms with Gasteiger partial charge in [0.2, 0.25) is 0 Å². The first kappa shape index (κ1) is 41.5. The van der Waals surface area contributed by atoms with Gasteiger partial charge in [0.05, 0.1) is 0 Å². The van der Waals surface area contributed by atoms with E-state index >= 15 is 0 Å². The van der Waals surface area contributed by atoms with E-state index in [-0.39, 0.29) is 32.7 Å². The molecule has 46 heavy (non-hydrogen) atoms. The number of hydrogen-bond donors (Lipinski definition) is 1. The second-order valence-electron chi connectivity index (χ2n) is 14.1. The van der Waals surface area contributed by atoms with Crippen molar-refractivity contribution in [2.24, 2.45) is 5.73 Å². The minimum absolute atomic E-state index is 0. The maximum absolute atomic E-state index is 5.41. The Morgan fingerprint density at radius 1 is 0.674 bits per heavy atom. The second kappa shape index (κ2) is 20.7. The zero-order valence-electron chi connectivity index (χ0n) is 29.2. The first-order valence-electron chi connectivity index (χ1n) is 17.7. The molecule has 3 aromatic rings. The predicted octanol–water partition coefficient (Wildman–Crippen LogP) is 4.86. The minimum Gasteiger partial charge on any atom is -1.00 e. The smallest absolute Gasteiger partial charge is 1.00 e. The third-order valence-corrected chi connectivity index (χ3v) is 14.2. The van der Waals surface area contributed by atoms with Gasteiger partial charge in [0, 0.05) is 0 Å². The molecule has 5 rings (SSSR count). The van der Waals surface area contributed by atoms with Crippen LogP contribution in [-0.4, -0.2) is 17.9 Å². The van der Waals surface area contributed by atoms with E-state index in [4.69, 9.17) is 5.73 Å². The fourth-order valence-corrected chi connectivity index (χ4v) is 11.8. The molecule has 0 aromatic heterocycles. The third-order valence-electron chi connectivity index (χ3n) is 9.86. The van der Waals surface area contributed by atoms with Gasteiger partial charge in [-0.05, 0) is 87.9 Å². The Hall–Kier alpha value is -0.708. The summed E-state index contributed by atoms with van der Waals surface area (Å²) in [5.41, 5.74) is 16.4. The van der Waals surface area contributed by atoms with Crippen LogP contribution in [0, 0.1) is 0 Å². The average Bonchev–Trinajstić information content (AvgIpc) is 3.03. The predicted molar refractivity (Wildman–Crippen MR) is 193 cm³/mol. The minimum atomic E-state index is -0.120. The van der Waals surface area contributed by atoms with E-state index in [0.29, 0.717) is 24.3 Å². The Balaban J connectivity index is 0.000000527. The van der Waals surface area contributed by atoms with Crippen molar-refractivity contribution in [3.8, 4) is 11.1 Å². The summed E-state index contributed by atoms with van der Waals surface area (Å²) in [7, 11) is -0.120. The van der Waals surface area contributed by atoms with Crippen molar-refractivity contribution in [1.29, 1.82) is 0 Å². The Kier molecular flexibility index (Phi) is 18.7. The van der Waals surface area contributed by atoms with Crippen LogP contribution >= 0.6 is 7.92 Å². The van der Waals surface area contributed by atoms with Gasteiger partial charge in [-0.25, -0.2) is 0 Å². The van der Waals surface area contributed by atoms with Crippen LogP contribution in [0.4, 0.5) is 0 Å². The molecule has 5 heteroatoms. The molecule has 0 bridgehead atoms. The van der Waals surface area contributed by atoms with Crippen LogP contribution in [0.2, 0.25) is 0 Å². The summed E-state index contributed by atoms with van der Waals surface area (Å²) in [5, 5.41) is 1.75. The van der Waals surface area contributed by atoms with Crippen molar-refractivity contribution in [3.63, 3.8) is 0 Å². The van der Waals surface area contributed by atoms with E-state index < -0.39 is 0 Å². The van der Waals surface area contributed by atoms with E-state index in [1.165, 1.54) is 79.4 Å². The number of halogens is 2. The maximum Gasteiger partial charge on any atom is -1.00 e. The first-order valence-corrected chi connectivity index (χ1v) is 19.9. The van der Waals surface area contributed by atoms with Crippen LogP contribution in [0.1, 0.15) is 146 Å². The molecule has 1 nitrogen and oxygen atoms in total. The summed E-state index contributed by atoms with van der Waals surface area (Å²) in [4.78, 5) is 0. The number of rotatable bonds is 9. The quantitative estimate of drug-likeness (QED) is 0.244. The van der Waals surface area contributed by atoms with Crippen LogP contribution < -0.4 is 39.9 Å². The van der Waals surface area contributed by atoms with E-state index in [2.05, 4.69) is 103 Å². The molecule has 0 aliphatic heterocycles. The number of hydrogen-bond acceptors (Lipinski definition) is 1. The summed E-state index contributed by atoms with van der Waals surface area (Å²) in [6.07, 6.45) is 15.6. The van der Waals surface area contributed by atoms with E-state index in [1.54, 1.807) is 27.6 Å². The van der Waals surface area contributed by atoms with E-state index in [9.17, 15) is 0 Å². The summed E-state index contributed by atoms with van der Waals surface area (Å²) in [5.74, 6) is 1.64.